The van der Waals surface area contributed by atoms with Crippen molar-refractivity contribution in [3.8, 4) is 22.5 Å². The second kappa shape index (κ2) is 19.7. The van der Waals surface area contributed by atoms with Crippen LogP contribution >= 0.6 is 11.6 Å². The van der Waals surface area contributed by atoms with E-state index in [1.165, 1.54) is 6.92 Å². The zero-order chi connectivity index (χ0) is 36.8. The highest BCUT2D eigenvalue weighted by molar-refractivity contribution is 6.30. The second-order valence-electron chi connectivity index (χ2n) is 11.2. The van der Waals surface area contributed by atoms with Gasteiger partial charge in [0.15, 0.2) is 11.0 Å². The number of hydrogen-bond acceptors (Lipinski definition) is 16. The molecule has 276 valence electrons. The molecule has 0 radical (unpaired) electrons. The van der Waals surface area contributed by atoms with Crippen molar-refractivity contribution in [2.75, 3.05) is 13.2 Å². The summed E-state index contributed by atoms with van der Waals surface area (Å²) < 4.78 is 12.4. The lowest BCUT2D eigenvalue weighted by Gasteiger charge is -2.24. The Hall–Kier alpha value is -4.57. The first-order valence-electron chi connectivity index (χ1n) is 16.0. The van der Waals surface area contributed by atoms with E-state index in [1.54, 1.807) is 0 Å². The van der Waals surface area contributed by atoms with Gasteiger partial charge in [0.25, 0.3) is 0 Å². The Morgan fingerprint density at radius 3 is 2.39 bits per heavy atom. The first-order chi connectivity index (χ1) is 24.5. The number of aromatic amines is 1. The van der Waals surface area contributed by atoms with Crippen LogP contribution in [0.1, 0.15) is 56.6 Å². The van der Waals surface area contributed by atoms with Gasteiger partial charge in [-0.15, -0.1) is 5.10 Å². The Balaban J connectivity index is 1.31. The fourth-order valence-electron chi connectivity index (χ4n) is 5.10. The van der Waals surface area contributed by atoms with Gasteiger partial charge in [0.05, 0.1) is 23.1 Å². The van der Waals surface area contributed by atoms with Gasteiger partial charge in [0.2, 0.25) is 0 Å². The number of ether oxygens (including phenoxy) is 2. The number of H-pyrrole nitrogens is 1. The molecule has 0 saturated carbocycles. The third-order valence-electron chi connectivity index (χ3n) is 7.62. The lowest BCUT2D eigenvalue weighted by Crippen LogP contribution is -2.37. The van der Waals surface area contributed by atoms with Gasteiger partial charge >= 0.3 is 12.1 Å². The number of esters is 1. The minimum atomic E-state index is -1.05. The molecule has 19 nitrogen and oxygen atoms in total. The molecular formula is C31H40ClN9O10. The standard InChI is InChI=1S/C31H40ClN9O10/c1-3-4-11-27-34-29(32)25(19-49-31(43)33-17-28(42)48-16-7-10-26(51-41(46)47)20(2)50-40(44)45)39(27)18-21-12-14-22(15-13-21)23-8-5-6-9-24(23)30-35-37-38-36-30/h5-6,8-9,12-15,20,26,44-47H,3-4,7,10-11,16-19H2,1-2H3,(H,33,43)(H,35,36,37,38). The number of nitrogens with zero attached hydrogens (tertiary/aromatic N) is 7. The van der Waals surface area contributed by atoms with Crippen molar-refractivity contribution in [1.82, 2.24) is 46.3 Å². The van der Waals surface area contributed by atoms with Crippen LogP contribution < -0.4 is 5.32 Å². The number of tetrazole rings is 1. The summed E-state index contributed by atoms with van der Waals surface area (Å²) in [5, 5.41) is 51.1. The van der Waals surface area contributed by atoms with Crippen molar-refractivity contribution >= 4 is 23.7 Å². The fraction of sp³-hybridized carbons (Fsp3) is 0.419. The van der Waals surface area contributed by atoms with Crippen LogP contribution in [0.4, 0.5) is 4.79 Å². The Labute approximate surface area is 297 Å². The van der Waals surface area contributed by atoms with Crippen LogP contribution in [0.3, 0.4) is 0 Å². The Morgan fingerprint density at radius 1 is 1.00 bits per heavy atom. The largest absolute Gasteiger partial charge is 0.464 e. The van der Waals surface area contributed by atoms with E-state index >= 15 is 0 Å². The van der Waals surface area contributed by atoms with Gasteiger partial charge in [-0.25, -0.2) is 24.6 Å². The van der Waals surface area contributed by atoms with Gasteiger partial charge < -0.3 is 19.4 Å². The third-order valence-corrected chi connectivity index (χ3v) is 7.92. The molecule has 4 aromatic rings. The molecule has 0 aliphatic rings. The van der Waals surface area contributed by atoms with Crippen molar-refractivity contribution in [3.05, 3.63) is 70.8 Å². The topological polar surface area (TPSA) is 243 Å². The van der Waals surface area contributed by atoms with Crippen molar-refractivity contribution < 1.29 is 49.6 Å². The first-order valence-corrected chi connectivity index (χ1v) is 16.3. The Morgan fingerprint density at radius 2 is 1.73 bits per heavy atom. The van der Waals surface area contributed by atoms with Crippen LogP contribution in [0.5, 0.6) is 0 Å². The molecule has 2 aromatic carbocycles. The Bertz CT molecular complexity index is 1670. The predicted octanol–water partition coefficient (Wildman–Crippen LogP) is 4.11. The molecule has 20 heteroatoms. The third kappa shape index (κ3) is 12.0. The highest BCUT2D eigenvalue weighted by Gasteiger charge is 2.24. The van der Waals surface area contributed by atoms with E-state index in [4.69, 9.17) is 46.7 Å². The highest BCUT2D eigenvalue weighted by Crippen LogP contribution is 2.30. The number of carbonyl (C=O) groups excluding carboxylic acids is 2. The van der Waals surface area contributed by atoms with Crippen LogP contribution in [0, 0.1) is 0 Å². The second-order valence-corrected chi connectivity index (χ2v) is 11.6. The zero-order valence-electron chi connectivity index (χ0n) is 27.9. The van der Waals surface area contributed by atoms with Crippen molar-refractivity contribution in [2.45, 2.75) is 71.3 Å². The fourth-order valence-corrected chi connectivity index (χ4v) is 5.36. The van der Waals surface area contributed by atoms with E-state index < -0.39 is 41.6 Å². The van der Waals surface area contributed by atoms with Gasteiger partial charge in [0, 0.05) is 18.5 Å². The normalized spacial score (nSPS) is 12.6. The lowest BCUT2D eigenvalue weighted by atomic mass is 9.98. The molecule has 6 N–H and O–H groups in total. The molecule has 0 spiro atoms. The molecule has 0 saturated heterocycles. The summed E-state index contributed by atoms with van der Waals surface area (Å²) in [7, 11) is 0. The Kier molecular flexibility index (Phi) is 15.2. The molecule has 51 heavy (non-hydrogen) atoms. The molecule has 4 rings (SSSR count). The molecule has 2 aromatic heterocycles. The van der Waals surface area contributed by atoms with Crippen molar-refractivity contribution in [2.24, 2.45) is 0 Å². The summed E-state index contributed by atoms with van der Waals surface area (Å²) >= 11 is 6.53. The average molecular weight is 734 g/mol. The van der Waals surface area contributed by atoms with Crippen molar-refractivity contribution in [3.63, 3.8) is 0 Å². The number of alkyl carbamates (subject to hydrolysis) is 1. The molecule has 2 atom stereocenters. The van der Waals surface area contributed by atoms with Crippen LogP contribution in [-0.4, -0.2) is 99.2 Å². The molecule has 1 amide bonds. The number of rotatable bonds is 20. The highest BCUT2D eigenvalue weighted by atomic mass is 35.5. The predicted molar refractivity (Wildman–Crippen MR) is 175 cm³/mol. The van der Waals surface area contributed by atoms with E-state index in [0.717, 1.165) is 40.9 Å². The number of amides is 1. The van der Waals surface area contributed by atoms with Gasteiger partial charge in [-0.05, 0) is 53.3 Å². The van der Waals surface area contributed by atoms with Gasteiger partial charge in [-0.2, -0.15) is 0 Å². The van der Waals surface area contributed by atoms with E-state index in [9.17, 15) is 9.59 Å². The number of hydrogen-bond donors (Lipinski definition) is 6. The molecular weight excluding hydrogens is 694 g/mol. The van der Waals surface area contributed by atoms with Crippen LogP contribution in [-0.2, 0) is 43.5 Å². The van der Waals surface area contributed by atoms with Crippen LogP contribution in [0.2, 0.25) is 5.15 Å². The number of unbranched alkanes of at least 4 members (excludes halogenated alkanes) is 1. The molecule has 0 aliphatic heterocycles. The van der Waals surface area contributed by atoms with Crippen molar-refractivity contribution in [1.29, 1.82) is 0 Å². The summed E-state index contributed by atoms with van der Waals surface area (Å²) in [6.45, 7) is 3.06. The molecule has 2 heterocycles. The lowest BCUT2D eigenvalue weighted by molar-refractivity contribution is -0.537. The number of halogens is 1. The first kappa shape index (κ1) is 39.2. The number of carbonyl (C=O) groups is 2. The van der Waals surface area contributed by atoms with Gasteiger partial charge in [-0.1, -0.05) is 73.5 Å². The molecule has 0 bridgehead atoms. The number of imidazole rings is 1. The van der Waals surface area contributed by atoms with E-state index in [2.05, 4.69) is 42.7 Å². The minimum Gasteiger partial charge on any atom is -0.464 e. The quantitative estimate of drug-likeness (QED) is 0.0425. The van der Waals surface area contributed by atoms with Gasteiger partial charge in [0.1, 0.15) is 31.2 Å². The maximum absolute atomic E-state index is 12.5. The van der Waals surface area contributed by atoms with E-state index in [-0.39, 0.29) is 31.2 Å². The molecule has 0 aliphatic carbocycles. The van der Waals surface area contributed by atoms with Crippen LogP contribution in [0.15, 0.2) is 48.5 Å². The van der Waals surface area contributed by atoms with E-state index in [1.807, 2.05) is 53.1 Å². The minimum absolute atomic E-state index is 0.0593. The molecule has 2 unspecified atom stereocenters. The number of nitrogens with one attached hydrogen (secondary N) is 2. The summed E-state index contributed by atoms with van der Waals surface area (Å²) in [6, 6.07) is 15.8. The van der Waals surface area contributed by atoms with Crippen LogP contribution in [0.25, 0.3) is 22.5 Å². The van der Waals surface area contributed by atoms with Gasteiger partial charge in [-0.3, -0.25) is 25.6 Å². The summed E-state index contributed by atoms with van der Waals surface area (Å²) in [4.78, 5) is 38.5. The smallest absolute Gasteiger partial charge is 0.408 e. The molecule has 0 fully saturated rings. The van der Waals surface area contributed by atoms with E-state index in [0.29, 0.717) is 24.5 Å². The monoisotopic (exact) mass is 733 g/mol. The summed E-state index contributed by atoms with van der Waals surface area (Å²) in [5.41, 5.74) is 4.26. The zero-order valence-corrected chi connectivity index (χ0v) is 28.6. The summed E-state index contributed by atoms with van der Waals surface area (Å²) in [5.74, 6) is 0.553. The number of aromatic nitrogens is 6. The number of benzene rings is 2. The SMILES string of the molecule is CCCCc1nc(Cl)c(COC(=O)NCC(=O)OCCCC(ON(O)O)C(C)ON(O)O)n1Cc1ccc(-c2ccccc2-c2nnn[nH]2)cc1. The number of aryl methyl sites for hydroxylation is 1. The maximum atomic E-state index is 12.5. The average Bonchev–Trinajstić information content (AvgIpc) is 3.74. The summed E-state index contributed by atoms with van der Waals surface area (Å²) in [6.07, 6.45) is -0.234. The maximum Gasteiger partial charge on any atom is 0.408 e.